The molecule has 0 bridgehead atoms. The average molecular weight is 250 g/mol. The van der Waals surface area contributed by atoms with Gasteiger partial charge in [0.1, 0.15) is 12.2 Å². The van der Waals surface area contributed by atoms with Gasteiger partial charge in [-0.2, -0.15) is 18.3 Å². The molecule has 1 atom stereocenters. The topological polar surface area (TPSA) is 53.6 Å². The normalized spacial score (nSPS) is 13.9. The summed E-state index contributed by atoms with van der Waals surface area (Å²) in [6.45, 7) is 2.75. The molecule has 4 nitrogen and oxygen atoms in total. The van der Waals surface area contributed by atoms with Crippen molar-refractivity contribution in [2.24, 2.45) is 0 Å². The first kappa shape index (κ1) is 14.0. The summed E-state index contributed by atoms with van der Waals surface area (Å²) in [6.07, 6.45) is -2.08. The molecule has 98 valence electrons. The van der Waals surface area contributed by atoms with Crippen LogP contribution in [-0.2, 0) is 0 Å². The number of nitrogens with one attached hydrogen (secondary N) is 2. The molecule has 0 aliphatic rings. The van der Waals surface area contributed by atoms with Crippen LogP contribution in [0.25, 0.3) is 0 Å². The van der Waals surface area contributed by atoms with Crippen molar-refractivity contribution in [1.29, 1.82) is 0 Å². The van der Waals surface area contributed by atoms with E-state index >= 15 is 0 Å². The number of halogens is 3. The Kier molecular flexibility index (Phi) is 5.40. The largest absolute Gasteiger partial charge is 0.389 e. The predicted octanol–water partition coefficient (Wildman–Crippen LogP) is 2.58. The van der Waals surface area contributed by atoms with Crippen LogP contribution in [0.1, 0.15) is 44.5 Å². The SMILES string of the molecule is CCCNC(CCCC(F)(F)F)c1ncn[nH]1. The molecule has 0 aliphatic heterocycles. The number of alkyl halides is 3. The maximum Gasteiger partial charge on any atom is 0.389 e. The van der Waals surface area contributed by atoms with Gasteiger partial charge in [0.2, 0.25) is 0 Å². The zero-order valence-corrected chi connectivity index (χ0v) is 9.72. The lowest BCUT2D eigenvalue weighted by Gasteiger charge is -2.16. The van der Waals surface area contributed by atoms with Gasteiger partial charge in [-0.3, -0.25) is 5.10 Å². The van der Waals surface area contributed by atoms with Crippen LogP contribution in [0.5, 0.6) is 0 Å². The van der Waals surface area contributed by atoms with Crippen molar-refractivity contribution in [3.63, 3.8) is 0 Å². The molecular formula is C10H17F3N4. The lowest BCUT2D eigenvalue weighted by Crippen LogP contribution is -2.23. The Labute approximate surface area is 98.0 Å². The van der Waals surface area contributed by atoms with Gasteiger partial charge in [-0.15, -0.1) is 0 Å². The minimum atomic E-state index is -4.09. The molecule has 1 aromatic heterocycles. The highest BCUT2D eigenvalue weighted by Gasteiger charge is 2.27. The van der Waals surface area contributed by atoms with E-state index in [4.69, 9.17) is 0 Å². The minimum Gasteiger partial charge on any atom is -0.307 e. The summed E-state index contributed by atoms with van der Waals surface area (Å²) >= 11 is 0. The second-order valence-corrected chi connectivity index (χ2v) is 3.88. The minimum absolute atomic E-state index is 0.0889. The number of H-pyrrole nitrogens is 1. The summed E-state index contributed by atoms with van der Waals surface area (Å²) in [6, 6.07) is -0.181. The van der Waals surface area contributed by atoms with Crippen LogP contribution < -0.4 is 5.32 Å². The number of nitrogens with zero attached hydrogens (tertiary/aromatic N) is 2. The Bertz CT molecular complexity index is 297. The van der Waals surface area contributed by atoms with E-state index in [1.165, 1.54) is 6.33 Å². The fourth-order valence-corrected chi connectivity index (χ4v) is 1.54. The Morgan fingerprint density at radius 1 is 1.47 bits per heavy atom. The van der Waals surface area contributed by atoms with Crippen molar-refractivity contribution >= 4 is 0 Å². The highest BCUT2D eigenvalue weighted by molar-refractivity contribution is 4.91. The van der Waals surface area contributed by atoms with Crippen molar-refractivity contribution < 1.29 is 13.2 Å². The van der Waals surface area contributed by atoms with Crippen LogP contribution in [0.15, 0.2) is 6.33 Å². The molecule has 0 saturated heterocycles. The smallest absolute Gasteiger partial charge is 0.307 e. The van der Waals surface area contributed by atoms with Gasteiger partial charge < -0.3 is 5.32 Å². The molecule has 1 aromatic rings. The second kappa shape index (κ2) is 6.58. The number of aromatic nitrogens is 3. The Balaban J connectivity index is 2.42. The standard InChI is InChI=1S/C10H17F3N4/c1-2-6-14-8(9-15-7-16-17-9)4-3-5-10(11,12)13/h7-8,14H,2-6H2,1H3,(H,15,16,17). The van der Waals surface area contributed by atoms with E-state index in [9.17, 15) is 13.2 Å². The van der Waals surface area contributed by atoms with Gasteiger partial charge in [-0.1, -0.05) is 6.92 Å². The first-order valence-corrected chi connectivity index (χ1v) is 5.68. The van der Waals surface area contributed by atoms with Gasteiger partial charge in [0.25, 0.3) is 0 Å². The number of hydrogen-bond donors (Lipinski definition) is 2. The van der Waals surface area contributed by atoms with Crippen LogP contribution in [-0.4, -0.2) is 27.9 Å². The number of rotatable bonds is 7. The Hall–Kier alpha value is -1.11. The molecule has 1 unspecified atom stereocenters. The quantitative estimate of drug-likeness (QED) is 0.782. The summed E-state index contributed by atoms with van der Waals surface area (Å²) in [4.78, 5) is 3.97. The average Bonchev–Trinajstić information content (AvgIpc) is 2.74. The van der Waals surface area contributed by atoms with Gasteiger partial charge in [0.05, 0.1) is 6.04 Å². The zero-order valence-electron chi connectivity index (χ0n) is 9.72. The molecule has 0 aromatic carbocycles. The van der Waals surface area contributed by atoms with Crippen molar-refractivity contribution in [2.45, 2.75) is 44.8 Å². The van der Waals surface area contributed by atoms with E-state index in [1.807, 2.05) is 6.92 Å². The molecule has 1 heterocycles. The summed E-state index contributed by atoms with van der Waals surface area (Å²) in [5.41, 5.74) is 0. The van der Waals surface area contributed by atoms with Crippen LogP contribution in [0.3, 0.4) is 0 Å². The maximum absolute atomic E-state index is 12.0. The third-order valence-electron chi connectivity index (χ3n) is 2.36. The van der Waals surface area contributed by atoms with Crippen LogP contribution in [0.4, 0.5) is 13.2 Å². The first-order valence-electron chi connectivity index (χ1n) is 5.68. The van der Waals surface area contributed by atoms with Gasteiger partial charge in [0.15, 0.2) is 0 Å². The fourth-order valence-electron chi connectivity index (χ4n) is 1.54. The summed E-state index contributed by atoms with van der Waals surface area (Å²) in [7, 11) is 0. The first-order chi connectivity index (χ1) is 8.03. The summed E-state index contributed by atoms with van der Waals surface area (Å²) in [5.74, 6) is 0.598. The molecule has 0 radical (unpaired) electrons. The van der Waals surface area contributed by atoms with Gasteiger partial charge in [0, 0.05) is 6.42 Å². The third-order valence-corrected chi connectivity index (χ3v) is 2.36. The molecule has 0 saturated carbocycles. The maximum atomic E-state index is 12.0. The predicted molar refractivity (Wildman–Crippen MR) is 57.3 cm³/mol. The van der Waals surface area contributed by atoms with Crippen molar-refractivity contribution in [3.8, 4) is 0 Å². The Morgan fingerprint density at radius 3 is 2.76 bits per heavy atom. The van der Waals surface area contributed by atoms with Crippen LogP contribution >= 0.6 is 0 Å². The van der Waals surface area contributed by atoms with E-state index in [-0.39, 0.29) is 12.5 Å². The number of aromatic amines is 1. The highest BCUT2D eigenvalue weighted by atomic mass is 19.4. The van der Waals surface area contributed by atoms with E-state index < -0.39 is 12.6 Å². The van der Waals surface area contributed by atoms with E-state index in [0.29, 0.717) is 12.2 Å². The molecule has 0 amide bonds. The number of hydrogen-bond acceptors (Lipinski definition) is 3. The van der Waals surface area contributed by atoms with Gasteiger partial charge in [-0.25, -0.2) is 4.98 Å². The van der Waals surface area contributed by atoms with Crippen molar-refractivity contribution in [2.75, 3.05) is 6.54 Å². The lowest BCUT2D eigenvalue weighted by atomic mass is 10.1. The molecular weight excluding hydrogens is 233 g/mol. The van der Waals surface area contributed by atoms with Gasteiger partial charge >= 0.3 is 6.18 Å². The molecule has 0 fully saturated rings. The highest BCUT2D eigenvalue weighted by Crippen LogP contribution is 2.25. The molecule has 17 heavy (non-hydrogen) atoms. The zero-order chi connectivity index (χ0) is 12.7. The Morgan fingerprint density at radius 2 is 2.24 bits per heavy atom. The van der Waals surface area contributed by atoms with E-state index in [2.05, 4.69) is 20.5 Å². The van der Waals surface area contributed by atoms with E-state index in [1.54, 1.807) is 0 Å². The van der Waals surface area contributed by atoms with Crippen molar-refractivity contribution in [1.82, 2.24) is 20.5 Å². The molecule has 2 N–H and O–H groups in total. The van der Waals surface area contributed by atoms with Crippen LogP contribution in [0.2, 0.25) is 0 Å². The molecule has 0 spiro atoms. The third kappa shape index (κ3) is 5.67. The fraction of sp³-hybridized carbons (Fsp3) is 0.800. The molecule has 7 heteroatoms. The van der Waals surface area contributed by atoms with Crippen LogP contribution in [0, 0.1) is 0 Å². The molecule has 1 rings (SSSR count). The monoisotopic (exact) mass is 250 g/mol. The lowest BCUT2D eigenvalue weighted by molar-refractivity contribution is -0.135. The molecule has 0 aliphatic carbocycles. The van der Waals surface area contributed by atoms with Gasteiger partial charge in [-0.05, 0) is 25.8 Å². The summed E-state index contributed by atoms with van der Waals surface area (Å²) < 4.78 is 36.1. The van der Waals surface area contributed by atoms with Crippen molar-refractivity contribution in [3.05, 3.63) is 12.2 Å². The summed E-state index contributed by atoms with van der Waals surface area (Å²) in [5, 5.41) is 9.56. The van der Waals surface area contributed by atoms with E-state index in [0.717, 1.165) is 13.0 Å². The second-order valence-electron chi connectivity index (χ2n) is 3.88.